The van der Waals surface area contributed by atoms with Crippen molar-refractivity contribution in [2.75, 3.05) is 7.05 Å². The van der Waals surface area contributed by atoms with Gasteiger partial charge in [0.05, 0.1) is 5.56 Å². The second kappa shape index (κ2) is 4.43. The number of amides is 1. The Morgan fingerprint density at radius 3 is 2.56 bits per heavy atom. The molecule has 2 fully saturated rings. The molecule has 98 valence electrons. The van der Waals surface area contributed by atoms with E-state index in [2.05, 4.69) is 10.3 Å². The van der Waals surface area contributed by atoms with E-state index in [0.717, 1.165) is 24.1 Å². The van der Waals surface area contributed by atoms with E-state index < -0.39 is 0 Å². The summed E-state index contributed by atoms with van der Waals surface area (Å²) >= 11 is 0. The molecule has 3 rings (SSSR count). The van der Waals surface area contributed by atoms with Crippen LogP contribution in [-0.2, 0) is 0 Å². The van der Waals surface area contributed by atoms with Gasteiger partial charge in [-0.25, -0.2) is 0 Å². The Bertz CT molecular complexity index is 442. The van der Waals surface area contributed by atoms with Crippen molar-refractivity contribution in [1.29, 1.82) is 0 Å². The van der Waals surface area contributed by atoms with E-state index in [9.17, 15) is 4.79 Å². The molecule has 2 aliphatic rings. The predicted molar refractivity (Wildman–Crippen MR) is 70.6 cm³/mol. The molecule has 4 heteroatoms. The van der Waals surface area contributed by atoms with Gasteiger partial charge in [0.25, 0.3) is 5.91 Å². The first-order valence-electron chi connectivity index (χ1n) is 6.82. The summed E-state index contributed by atoms with van der Waals surface area (Å²) in [4.78, 5) is 17.5. The number of aryl methyl sites for hydroxylation is 1. The van der Waals surface area contributed by atoms with Gasteiger partial charge in [-0.3, -0.25) is 4.79 Å². The third-order valence-corrected chi connectivity index (χ3v) is 4.50. The summed E-state index contributed by atoms with van der Waals surface area (Å²) in [6.07, 6.45) is 6.58. The van der Waals surface area contributed by atoms with E-state index in [1.165, 1.54) is 12.8 Å². The summed E-state index contributed by atoms with van der Waals surface area (Å²) in [6, 6.07) is 3.52. The maximum Gasteiger partial charge on any atom is 0.255 e. The van der Waals surface area contributed by atoms with Crippen LogP contribution in [0, 0.1) is 6.92 Å². The van der Waals surface area contributed by atoms with E-state index in [1.54, 1.807) is 0 Å². The zero-order valence-corrected chi connectivity index (χ0v) is 11.1. The normalized spacial score (nSPS) is 30.4. The summed E-state index contributed by atoms with van der Waals surface area (Å²) in [7, 11) is 1.95. The third-order valence-electron chi connectivity index (χ3n) is 4.50. The molecule has 0 radical (unpaired) electrons. The average molecular weight is 247 g/mol. The van der Waals surface area contributed by atoms with E-state index in [0.29, 0.717) is 18.1 Å². The SMILES string of the molecule is Cc1[nH]ccc1C(=O)N(C)C1CC2CCC(C1)N2. The Balaban J connectivity index is 1.73. The number of carbonyl (C=O) groups excluding carboxylic acids is 1. The van der Waals surface area contributed by atoms with Crippen LogP contribution in [0.5, 0.6) is 0 Å². The Morgan fingerprint density at radius 2 is 2.00 bits per heavy atom. The third kappa shape index (κ3) is 1.94. The highest BCUT2D eigenvalue weighted by molar-refractivity contribution is 5.95. The molecule has 0 aliphatic carbocycles. The molecule has 0 spiro atoms. The van der Waals surface area contributed by atoms with E-state index >= 15 is 0 Å². The van der Waals surface area contributed by atoms with Crippen molar-refractivity contribution in [3.8, 4) is 0 Å². The maximum absolute atomic E-state index is 12.4. The van der Waals surface area contributed by atoms with Crippen LogP contribution in [0.4, 0.5) is 0 Å². The predicted octanol–water partition coefficient (Wildman–Crippen LogP) is 1.68. The van der Waals surface area contributed by atoms with Crippen molar-refractivity contribution in [1.82, 2.24) is 15.2 Å². The van der Waals surface area contributed by atoms with E-state index in [-0.39, 0.29) is 5.91 Å². The van der Waals surface area contributed by atoms with Gasteiger partial charge in [-0.2, -0.15) is 0 Å². The molecule has 2 N–H and O–H groups in total. The van der Waals surface area contributed by atoms with Crippen LogP contribution >= 0.6 is 0 Å². The lowest BCUT2D eigenvalue weighted by Crippen LogP contribution is -2.48. The number of aromatic amines is 1. The molecule has 0 saturated carbocycles. The molecule has 4 nitrogen and oxygen atoms in total. The van der Waals surface area contributed by atoms with Gasteiger partial charge in [0.2, 0.25) is 0 Å². The number of piperidine rings is 1. The van der Waals surface area contributed by atoms with Crippen molar-refractivity contribution in [3.05, 3.63) is 23.5 Å². The summed E-state index contributed by atoms with van der Waals surface area (Å²) in [5, 5.41) is 3.62. The lowest BCUT2D eigenvalue weighted by molar-refractivity contribution is 0.0681. The Labute approximate surface area is 108 Å². The first kappa shape index (κ1) is 11.8. The highest BCUT2D eigenvalue weighted by Gasteiger charge is 2.36. The van der Waals surface area contributed by atoms with Gasteiger partial charge in [0.15, 0.2) is 0 Å². The molecular formula is C14H21N3O. The number of rotatable bonds is 2. The van der Waals surface area contributed by atoms with E-state index in [1.807, 2.05) is 31.1 Å². The van der Waals surface area contributed by atoms with Gasteiger partial charge in [-0.05, 0) is 38.7 Å². The van der Waals surface area contributed by atoms with Crippen LogP contribution in [-0.4, -0.2) is 41.0 Å². The molecule has 2 saturated heterocycles. The molecule has 1 amide bonds. The van der Waals surface area contributed by atoms with Gasteiger partial charge < -0.3 is 15.2 Å². The van der Waals surface area contributed by atoms with Crippen LogP contribution < -0.4 is 5.32 Å². The quantitative estimate of drug-likeness (QED) is 0.835. The minimum absolute atomic E-state index is 0.153. The monoisotopic (exact) mass is 247 g/mol. The van der Waals surface area contributed by atoms with Gasteiger partial charge in [0.1, 0.15) is 0 Å². The lowest BCUT2D eigenvalue weighted by atomic mass is 9.98. The topological polar surface area (TPSA) is 48.1 Å². The van der Waals surface area contributed by atoms with Crippen molar-refractivity contribution >= 4 is 5.91 Å². The van der Waals surface area contributed by atoms with Crippen LogP contribution in [0.3, 0.4) is 0 Å². The van der Waals surface area contributed by atoms with Crippen molar-refractivity contribution < 1.29 is 4.79 Å². The van der Waals surface area contributed by atoms with E-state index in [4.69, 9.17) is 0 Å². The number of nitrogens with one attached hydrogen (secondary N) is 2. The molecule has 2 bridgehead atoms. The molecule has 1 aromatic heterocycles. The standard InChI is InChI=1S/C14H21N3O/c1-9-13(5-6-15-9)14(18)17(2)12-7-10-3-4-11(8-12)16-10/h5-6,10-12,15-16H,3-4,7-8H2,1-2H3. The first-order valence-corrected chi connectivity index (χ1v) is 6.82. The number of nitrogens with zero attached hydrogens (tertiary/aromatic N) is 1. The Hall–Kier alpha value is -1.29. The maximum atomic E-state index is 12.4. The molecule has 18 heavy (non-hydrogen) atoms. The molecule has 2 atom stereocenters. The first-order chi connectivity index (χ1) is 8.65. The summed E-state index contributed by atoms with van der Waals surface area (Å²) in [6.45, 7) is 1.95. The molecular weight excluding hydrogens is 226 g/mol. The van der Waals surface area contributed by atoms with Crippen LogP contribution in [0.25, 0.3) is 0 Å². The number of hydrogen-bond acceptors (Lipinski definition) is 2. The van der Waals surface area contributed by atoms with Crippen molar-refractivity contribution in [2.45, 2.75) is 50.7 Å². The zero-order chi connectivity index (χ0) is 12.7. The highest BCUT2D eigenvalue weighted by atomic mass is 16.2. The summed E-state index contributed by atoms with van der Waals surface area (Å²) in [5.41, 5.74) is 1.77. The summed E-state index contributed by atoms with van der Waals surface area (Å²) < 4.78 is 0. The largest absolute Gasteiger partial charge is 0.365 e. The minimum Gasteiger partial charge on any atom is -0.365 e. The Kier molecular flexibility index (Phi) is 2.90. The van der Waals surface area contributed by atoms with Crippen LogP contribution in [0.15, 0.2) is 12.3 Å². The Morgan fingerprint density at radius 1 is 1.33 bits per heavy atom. The fourth-order valence-corrected chi connectivity index (χ4v) is 3.38. The number of H-pyrrole nitrogens is 1. The fraction of sp³-hybridized carbons (Fsp3) is 0.643. The number of fused-ring (bicyclic) bond motifs is 2. The molecule has 2 unspecified atom stereocenters. The smallest absolute Gasteiger partial charge is 0.255 e. The molecule has 2 aliphatic heterocycles. The van der Waals surface area contributed by atoms with Crippen LogP contribution in [0.2, 0.25) is 0 Å². The summed E-state index contributed by atoms with van der Waals surface area (Å²) in [5.74, 6) is 0.153. The molecule has 3 heterocycles. The second-order valence-electron chi connectivity index (χ2n) is 5.70. The van der Waals surface area contributed by atoms with Gasteiger partial charge in [-0.15, -0.1) is 0 Å². The lowest BCUT2D eigenvalue weighted by Gasteiger charge is -2.35. The second-order valence-corrected chi connectivity index (χ2v) is 5.70. The van der Waals surface area contributed by atoms with Crippen molar-refractivity contribution in [2.24, 2.45) is 0 Å². The average Bonchev–Trinajstić information content (AvgIpc) is 2.93. The van der Waals surface area contributed by atoms with Crippen molar-refractivity contribution in [3.63, 3.8) is 0 Å². The van der Waals surface area contributed by atoms with Gasteiger partial charge >= 0.3 is 0 Å². The highest BCUT2D eigenvalue weighted by Crippen LogP contribution is 2.29. The number of hydrogen-bond donors (Lipinski definition) is 2. The number of carbonyl (C=O) groups is 1. The number of aromatic nitrogens is 1. The van der Waals surface area contributed by atoms with Gasteiger partial charge in [-0.1, -0.05) is 0 Å². The van der Waals surface area contributed by atoms with Crippen LogP contribution in [0.1, 0.15) is 41.7 Å². The molecule has 1 aromatic rings. The minimum atomic E-state index is 0.153. The molecule has 0 aromatic carbocycles. The fourth-order valence-electron chi connectivity index (χ4n) is 3.38. The van der Waals surface area contributed by atoms with Gasteiger partial charge in [0, 0.05) is 37.1 Å². The zero-order valence-electron chi connectivity index (χ0n) is 11.1.